The lowest BCUT2D eigenvalue weighted by Gasteiger charge is -2.05. The van der Waals surface area contributed by atoms with Gasteiger partial charge >= 0.3 is 0 Å². The van der Waals surface area contributed by atoms with Gasteiger partial charge in [-0.25, -0.2) is 0 Å². The van der Waals surface area contributed by atoms with Crippen molar-refractivity contribution in [1.82, 2.24) is 4.98 Å². The van der Waals surface area contributed by atoms with Gasteiger partial charge in [-0.3, -0.25) is 4.98 Å². The largest absolute Gasteiger partial charge is 0.388 e. The number of hydrogen-bond donors (Lipinski definition) is 1. The molecule has 5 heteroatoms. The Morgan fingerprint density at radius 3 is 2.83 bits per heavy atom. The Morgan fingerprint density at radius 1 is 1.33 bits per heavy atom. The van der Waals surface area contributed by atoms with E-state index in [1.165, 1.54) is 0 Å². The molecule has 0 bridgehead atoms. The van der Waals surface area contributed by atoms with Gasteiger partial charge in [-0.1, -0.05) is 42.0 Å². The Labute approximate surface area is 121 Å². The SMILES string of the molecule is NC(=S)c1cc(SCc2ccccc2Cl)ccn1. The first-order valence-corrected chi connectivity index (χ1v) is 7.06. The highest BCUT2D eigenvalue weighted by atomic mass is 35.5. The van der Waals surface area contributed by atoms with Crippen LogP contribution in [-0.4, -0.2) is 9.97 Å². The summed E-state index contributed by atoms with van der Waals surface area (Å²) in [6.07, 6.45) is 1.71. The molecule has 0 radical (unpaired) electrons. The topological polar surface area (TPSA) is 38.9 Å². The second kappa shape index (κ2) is 6.18. The van der Waals surface area contributed by atoms with E-state index >= 15 is 0 Å². The van der Waals surface area contributed by atoms with Crippen LogP contribution in [0.1, 0.15) is 11.3 Å². The van der Waals surface area contributed by atoms with Crippen LogP contribution in [-0.2, 0) is 5.75 Å². The van der Waals surface area contributed by atoms with Gasteiger partial charge in [0.15, 0.2) is 0 Å². The van der Waals surface area contributed by atoms with E-state index in [9.17, 15) is 0 Å². The fourth-order valence-electron chi connectivity index (χ4n) is 1.41. The lowest BCUT2D eigenvalue weighted by Crippen LogP contribution is -2.11. The molecule has 2 nitrogen and oxygen atoms in total. The van der Waals surface area contributed by atoms with E-state index in [2.05, 4.69) is 4.98 Å². The van der Waals surface area contributed by atoms with Crippen molar-refractivity contribution in [3.63, 3.8) is 0 Å². The van der Waals surface area contributed by atoms with Crippen LogP contribution in [0.25, 0.3) is 0 Å². The minimum atomic E-state index is 0.315. The Balaban J connectivity index is 2.09. The van der Waals surface area contributed by atoms with Crippen molar-refractivity contribution in [2.24, 2.45) is 5.73 Å². The van der Waals surface area contributed by atoms with E-state index in [-0.39, 0.29) is 0 Å². The lowest BCUT2D eigenvalue weighted by atomic mass is 10.2. The van der Waals surface area contributed by atoms with Crippen LogP contribution < -0.4 is 5.73 Å². The van der Waals surface area contributed by atoms with Crippen LogP contribution in [0.15, 0.2) is 47.5 Å². The molecule has 2 aromatic rings. The van der Waals surface area contributed by atoms with Gasteiger partial charge in [0, 0.05) is 21.9 Å². The fraction of sp³-hybridized carbons (Fsp3) is 0.0769. The summed E-state index contributed by atoms with van der Waals surface area (Å²) in [5.41, 5.74) is 7.31. The summed E-state index contributed by atoms with van der Waals surface area (Å²) in [4.78, 5) is 5.50. The molecule has 1 aromatic carbocycles. The van der Waals surface area contributed by atoms with Crippen LogP contribution in [0.2, 0.25) is 5.02 Å². The second-order valence-corrected chi connectivity index (χ2v) is 5.52. The van der Waals surface area contributed by atoms with E-state index in [4.69, 9.17) is 29.6 Å². The molecular formula is C13H11ClN2S2. The quantitative estimate of drug-likeness (QED) is 0.690. The minimum absolute atomic E-state index is 0.315. The average molecular weight is 295 g/mol. The number of pyridine rings is 1. The van der Waals surface area contributed by atoms with E-state index < -0.39 is 0 Å². The third kappa shape index (κ3) is 3.45. The van der Waals surface area contributed by atoms with Gasteiger partial charge in [-0.05, 0) is 23.8 Å². The number of halogens is 1. The molecule has 0 saturated heterocycles. The van der Waals surface area contributed by atoms with Crippen molar-refractivity contribution in [3.8, 4) is 0 Å². The molecule has 0 aliphatic rings. The van der Waals surface area contributed by atoms with Crippen molar-refractivity contribution >= 4 is 40.6 Å². The van der Waals surface area contributed by atoms with E-state index in [1.54, 1.807) is 18.0 Å². The Kier molecular flexibility index (Phi) is 4.58. The second-order valence-electron chi connectivity index (χ2n) is 3.62. The summed E-state index contributed by atoms with van der Waals surface area (Å²) in [5.74, 6) is 0.806. The normalized spacial score (nSPS) is 10.3. The maximum atomic E-state index is 6.11. The Hall–Kier alpha value is -1.10. The van der Waals surface area contributed by atoms with Gasteiger partial charge in [0.25, 0.3) is 0 Å². The van der Waals surface area contributed by atoms with Gasteiger partial charge in [0.2, 0.25) is 0 Å². The van der Waals surface area contributed by atoms with E-state index in [1.807, 2.05) is 36.4 Å². The number of benzene rings is 1. The average Bonchev–Trinajstić information content (AvgIpc) is 2.38. The molecule has 92 valence electrons. The number of hydrogen-bond acceptors (Lipinski definition) is 3. The molecular weight excluding hydrogens is 284 g/mol. The molecule has 2 N–H and O–H groups in total. The summed E-state index contributed by atoms with van der Waals surface area (Å²) in [5, 5.41) is 0.786. The number of nitrogens with two attached hydrogens (primary N) is 1. The molecule has 0 saturated carbocycles. The highest BCUT2D eigenvalue weighted by molar-refractivity contribution is 7.98. The van der Waals surface area contributed by atoms with Crippen LogP contribution in [0.3, 0.4) is 0 Å². The van der Waals surface area contributed by atoms with Crippen molar-refractivity contribution in [1.29, 1.82) is 0 Å². The number of aromatic nitrogens is 1. The first-order chi connectivity index (χ1) is 8.66. The fourth-order valence-corrected chi connectivity index (χ4v) is 2.73. The van der Waals surface area contributed by atoms with Gasteiger partial charge in [0.05, 0.1) is 5.69 Å². The zero-order chi connectivity index (χ0) is 13.0. The maximum Gasteiger partial charge on any atom is 0.122 e. The zero-order valence-electron chi connectivity index (χ0n) is 9.47. The Morgan fingerprint density at radius 2 is 2.11 bits per heavy atom. The lowest BCUT2D eigenvalue weighted by molar-refractivity contribution is 1.23. The smallest absolute Gasteiger partial charge is 0.122 e. The van der Waals surface area contributed by atoms with Crippen molar-refractivity contribution in [3.05, 3.63) is 58.9 Å². The number of rotatable bonds is 4. The van der Waals surface area contributed by atoms with Crippen molar-refractivity contribution < 1.29 is 0 Å². The van der Waals surface area contributed by atoms with Crippen LogP contribution in [0, 0.1) is 0 Å². The summed E-state index contributed by atoms with van der Waals surface area (Å²) >= 11 is 12.7. The number of thioether (sulfide) groups is 1. The van der Waals surface area contributed by atoms with E-state index in [0.29, 0.717) is 10.7 Å². The minimum Gasteiger partial charge on any atom is -0.388 e. The highest BCUT2D eigenvalue weighted by Crippen LogP contribution is 2.26. The van der Waals surface area contributed by atoms with Crippen LogP contribution >= 0.6 is 35.6 Å². The third-order valence-corrected chi connectivity index (χ3v) is 3.96. The van der Waals surface area contributed by atoms with Crippen LogP contribution in [0.4, 0.5) is 0 Å². The number of thiocarbonyl (C=S) groups is 1. The number of nitrogens with zero attached hydrogens (tertiary/aromatic N) is 1. The van der Waals surface area contributed by atoms with Crippen LogP contribution in [0.5, 0.6) is 0 Å². The molecule has 0 aliphatic heterocycles. The first-order valence-electron chi connectivity index (χ1n) is 5.29. The highest BCUT2D eigenvalue weighted by Gasteiger charge is 2.03. The summed E-state index contributed by atoms with van der Waals surface area (Å²) < 4.78 is 0. The van der Waals surface area contributed by atoms with Crippen molar-refractivity contribution in [2.75, 3.05) is 0 Å². The molecule has 0 unspecified atom stereocenters. The first kappa shape index (κ1) is 13.3. The van der Waals surface area contributed by atoms with Gasteiger partial charge in [-0.15, -0.1) is 11.8 Å². The predicted molar refractivity (Wildman–Crippen MR) is 81.1 cm³/mol. The molecule has 0 atom stereocenters. The molecule has 2 rings (SSSR count). The molecule has 0 fully saturated rings. The third-order valence-electron chi connectivity index (χ3n) is 2.34. The predicted octanol–water partition coefficient (Wildman–Crippen LogP) is 3.66. The molecule has 0 spiro atoms. The van der Waals surface area contributed by atoms with Gasteiger partial charge < -0.3 is 5.73 Å². The standard InChI is InChI=1S/C13H11ClN2S2/c14-11-4-2-1-3-9(11)8-18-10-5-6-16-12(7-10)13(15)17/h1-7H,8H2,(H2,15,17). The summed E-state index contributed by atoms with van der Waals surface area (Å²) in [7, 11) is 0. The maximum absolute atomic E-state index is 6.11. The molecule has 18 heavy (non-hydrogen) atoms. The van der Waals surface area contributed by atoms with Gasteiger partial charge in [-0.2, -0.15) is 0 Å². The molecule has 1 aromatic heterocycles. The zero-order valence-corrected chi connectivity index (χ0v) is 11.9. The van der Waals surface area contributed by atoms with E-state index in [0.717, 1.165) is 21.2 Å². The summed E-state index contributed by atoms with van der Waals surface area (Å²) in [6, 6.07) is 11.6. The molecule has 1 heterocycles. The molecule has 0 aliphatic carbocycles. The monoisotopic (exact) mass is 294 g/mol. The van der Waals surface area contributed by atoms with Crippen molar-refractivity contribution in [2.45, 2.75) is 10.6 Å². The Bertz CT molecular complexity index is 572. The van der Waals surface area contributed by atoms with Gasteiger partial charge in [0.1, 0.15) is 4.99 Å². The molecule has 0 amide bonds. The summed E-state index contributed by atoms with van der Waals surface area (Å²) in [6.45, 7) is 0.